The molecular formula is C14H27NO4. The normalized spacial score (nSPS) is 12.1. The summed E-state index contributed by atoms with van der Waals surface area (Å²) in [6.07, 6.45) is 7.09. The van der Waals surface area contributed by atoms with Crippen molar-refractivity contribution in [3.63, 3.8) is 0 Å². The van der Waals surface area contributed by atoms with Crippen molar-refractivity contribution in [1.82, 2.24) is 5.32 Å². The number of ether oxygens (including phenoxy) is 1. The monoisotopic (exact) mass is 273 g/mol. The summed E-state index contributed by atoms with van der Waals surface area (Å²) in [5.74, 6) is -1.33. The van der Waals surface area contributed by atoms with Crippen LogP contribution in [0.15, 0.2) is 0 Å². The van der Waals surface area contributed by atoms with Crippen molar-refractivity contribution in [3.8, 4) is 0 Å². The second-order valence-electron chi connectivity index (χ2n) is 4.65. The zero-order chi connectivity index (χ0) is 14.5. The average Bonchev–Trinajstić information content (AvgIpc) is 2.38. The Morgan fingerprint density at radius 3 is 2.32 bits per heavy atom. The lowest BCUT2D eigenvalue weighted by Crippen LogP contribution is -2.42. The number of hydrogen-bond acceptors (Lipinski definition) is 3. The summed E-state index contributed by atoms with van der Waals surface area (Å²) < 4.78 is 4.94. The van der Waals surface area contributed by atoms with Gasteiger partial charge in [-0.05, 0) is 13.3 Å². The minimum atomic E-state index is -0.974. The molecule has 5 heteroatoms. The first-order valence-electron chi connectivity index (χ1n) is 7.21. The molecule has 0 aliphatic heterocycles. The number of nitrogens with one attached hydrogen (secondary N) is 1. The van der Waals surface area contributed by atoms with Gasteiger partial charge in [0, 0.05) is 6.61 Å². The first-order chi connectivity index (χ1) is 9.11. The average molecular weight is 273 g/mol. The lowest BCUT2D eigenvalue weighted by atomic mass is 10.1. The molecule has 0 fully saturated rings. The number of amides is 1. The van der Waals surface area contributed by atoms with E-state index in [-0.39, 0.29) is 12.5 Å². The molecule has 0 saturated heterocycles. The fourth-order valence-corrected chi connectivity index (χ4v) is 1.82. The van der Waals surface area contributed by atoms with E-state index in [1.807, 2.05) is 0 Å². The Morgan fingerprint density at radius 2 is 1.74 bits per heavy atom. The maximum atomic E-state index is 11.4. The summed E-state index contributed by atoms with van der Waals surface area (Å²) in [6, 6.07) is -0.792. The van der Waals surface area contributed by atoms with E-state index in [4.69, 9.17) is 9.84 Å². The Kier molecular flexibility index (Phi) is 11.3. The molecule has 1 atom stereocenters. The first kappa shape index (κ1) is 17.9. The standard InChI is InChI=1S/C14H27NO4/c1-3-5-6-7-8-9-10-12(14(17)18)15-13(16)11-19-4-2/h12H,3-11H2,1-2H3,(H,15,16)(H,17,18)/t12-/m1/s1. The minimum Gasteiger partial charge on any atom is -0.480 e. The van der Waals surface area contributed by atoms with Crippen LogP contribution in [0.4, 0.5) is 0 Å². The van der Waals surface area contributed by atoms with Crippen LogP contribution < -0.4 is 5.32 Å². The quantitative estimate of drug-likeness (QED) is 0.535. The van der Waals surface area contributed by atoms with Gasteiger partial charge in [-0.25, -0.2) is 4.79 Å². The van der Waals surface area contributed by atoms with Gasteiger partial charge in [-0.3, -0.25) is 4.79 Å². The van der Waals surface area contributed by atoms with Gasteiger partial charge in [0.15, 0.2) is 0 Å². The van der Waals surface area contributed by atoms with Gasteiger partial charge < -0.3 is 15.2 Å². The first-order valence-corrected chi connectivity index (χ1v) is 7.21. The highest BCUT2D eigenvalue weighted by Crippen LogP contribution is 2.08. The molecule has 19 heavy (non-hydrogen) atoms. The van der Waals surface area contributed by atoms with Crippen LogP contribution in [0.3, 0.4) is 0 Å². The molecule has 112 valence electrons. The van der Waals surface area contributed by atoms with Crippen molar-refractivity contribution >= 4 is 11.9 Å². The van der Waals surface area contributed by atoms with E-state index < -0.39 is 12.0 Å². The van der Waals surface area contributed by atoms with Crippen molar-refractivity contribution in [2.24, 2.45) is 0 Å². The highest BCUT2D eigenvalue weighted by molar-refractivity contribution is 5.84. The van der Waals surface area contributed by atoms with Crippen LogP contribution in [0.5, 0.6) is 0 Å². The van der Waals surface area contributed by atoms with E-state index in [0.717, 1.165) is 19.3 Å². The molecule has 0 aliphatic carbocycles. The number of aliphatic carboxylic acids is 1. The molecule has 0 aromatic carbocycles. The lowest BCUT2D eigenvalue weighted by molar-refractivity contribution is -0.142. The smallest absolute Gasteiger partial charge is 0.326 e. The molecule has 0 aromatic heterocycles. The van der Waals surface area contributed by atoms with Crippen molar-refractivity contribution in [2.75, 3.05) is 13.2 Å². The van der Waals surface area contributed by atoms with Gasteiger partial charge in [-0.1, -0.05) is 45.4 Å². The topological polar surface area (TPSA) is 75.6 Å². The summed E-state index contributed by atoms with van der Waals surface area (Å²) in [6.45, 7) is 4.33. The fourth-order valence-electron chi connectivity index (χ4n) is 1.82. The molecule has 0 spiro atoms. The number of carbonyl (C=O) groups excluding carboxylic acids is 1. The third kappa shape index (κ3) is 10.5. The van der Waals surface area contributed by atoms with Crippen LogP contribution in [0.1, 0.15) is 58.8 Å². The molecule has 0 rings (SSSR count). The van der Waals surface area contributed by atoms with Crippen molar-refractivity contribution in [3.05, 3.63) is 0 Å². The van der Waals surface area contributed by atoms with Gasteiger partial charge >= 0.3 is 5.97 Å². The van der Waals surface area contributed by atoms with E-state index in [1.54, 1.807) is 6.92 Å². The Bertz CT molecular complexity index is 256. The van der Waals surface area contributed by atoms with E-state index in [2.05, 4.69) is 12.2 Å². The Hall–Kier alpha value is -1.10. The van der Waals surface area contributed by atoms with Gasteiger partial charge in [-0.2, -0.15) is 0 Å². The Balaban J connectivity index is 3.80. The van der Waals surface area contributed by atoms with Gasteiger partial charge in [0.1, 0.15) is 12.6 Å². The van der Waals surface area contributed by atoms with E-state index in [9.17, 15) is 9.59 Å². The van der Waals surface area contributed by atoms with E-state index in [1.165, 1.54) is 19.3 Å². The minimum absolute atomic E-state index is 0.0726. The van der Waals surface area contributed by atoms with Crippen LogP contribution in [0, 0.1) is 0 Å². The van der Waals surface area contributed by atoms with Gasteiger partial charge in [0.05, 0.1) is 0 Å². The maximum absolute atomic E-state index is 11.4. The molecule has 0 bridgehead atoms. The van der Waals surface area contributed by atoms with Crippen LogP contribution in [-0.2, 0) is 14.3 Å². The number of carbonyl (C=O) groups is 2. The number of carboxylic acids is 1. The van der Waals surface area contributed by atoms with Crippen LogP contribution in [0.2, 0.25) is 0 Å². The summed E-state index contributed by atoms with van der Waals surface area (Å²) in [7, 11) is 0. The molecule has 0 aliphatic rings. The predicted molar refractivity (Wildman–Crippen MR) is 74.1 cm³/mol. The SMILES string of the molecule is CCCCCCCC[C@@H](NC(=O)COCC)C(=O)O. The number of rotatable bonds is 12. The lowest BCUT2D eigenvalue weighted by Gasteiger charge is -2.14. The Morgan fingerprint density at radius 1 is 1.11 bits per heavy atom. The molecular weight excluding hydrogens is 246 g/mol. The van der Waals surface area contributed by atoms with Crippen LogP contribution in [-0.4, -0.2) is 36.2 Å². The van der Waals surface area contributed by atoms with E-state index >= 15 is 0 Å². The second kappa shape index (κ2) is 12.0. The van der Waals surface area contributed by atoms with Crippen LogP contribution in [0.25, 0.3) is 0 Å². The fraction of sp³-hybridized carbons (Fsp3) is 0.857. The zero-order valence-electron chi connectivity index (χ0n) is 12.1. The molecule has 0 heterocycles. The molecule has 1 amide bonds. The van der Waals surface area contributed by atoms with Gasteiger partial charge in [0.25, 0.3) is 0 Å². The molecule has 2 N–H and O–H groups in total. The molecule has 0 radical (unpaired) electrons. The predicted octanol–water partition coefficient (Wildman–Crippen LogP) is 2.34. The largest absolute Gasteiger partial charge is 0.480 e. The van der Waals surface area contributed by atoms with Gasteiger partial charge in [-0.15, -0.1) is 0 Å². The summed E-state index contributed by atoms with van der Waals surface area (Å²) in [5, 5.41) is 11.5. The van der Waals surface area contributed by atoms with E-state index in [0.29, 0.717) is 13.0 Å². The van der Waals surface area contributed by atoms with Crippen molar-refractivity contribution in [2.45, 2.75) is 64.8 Å². The number of unbranched alkanes of at least 4 members (excludes halogenated alkanes) is 5. The van der Waals surface area contributed by atoms with Crippen LogP contribution >= 0.6 is 0 Å². The molecule has 0 saturated carbocycles. The molecule has 5 nitrogen and oxygen atoms in total. The van der Waals surface area contributed by atoms with Crippen molar-refractivity contribution in [1.29, 1.82) is 0 Å². The third-order valence-electron chi connectivity index (χ3n) is 2.92. The summed E-state index contributed by atoms with van der Waals surface area (Å²) in [4.78, 5) is 22.4. The summed E-state index contributed by atoms with van der Waals surface area (Å²) in [5.41, 5.74) is 0. The Labute approximate surface area is 115 Å². The molecule has 0 unspecified atom stereocenters. The number of carboxylic acid groups (broad SMARTS) is 1. The highest BCUT2D eigenvalue weighted by atomic mass is 16.5. The van der Waals surface area contributed by atoms with Gasteiger partial charge in [0.2, 0.25) is 5.91 Å². The third-order valence-corrected chi connectivity index (χ3v) is 2.92. The zero-order valence-corrected chi connectivity index (χ0v) is 12.1. The summed E-state index contributed by atoms with van der Waals surface area (Å²) >= 11 is 0. The highest BCUT2D eigenvalue weighted by Gasteiger charge is 2.19. The molecule has 0 aromatic rings. The second-order valence-corrected chi connectivity index (χ2v) is 4.65. The maximum Gasteiger partial charge on any atom is 0.326 e. The number of hydrogen-bond donors (Lipinski definition) is 2. The van der Waals surface area contributed by atoms with Crippen molar-refractivity contribution < 1.29 is 19.4 Å².